The lowest BCUT2D eigenvalue weighted by molar-refractivity contribution is 0.563. The van der Waals surface area contributed by atoms with Crippen LogP contribution in [0.15, 0.2) is 24.5 Å². The fourth-order valence-electron chi connectivity index (χ4n) is 1.30. The zero-order valence-corrected chi connectivity index (χ0v) is 8.61. The van der Waals surface area contributed by atoms with E-state index in [1.54, 1.807) is 19.2 Å². The van der Waals surface area contributed by atoms with Gasteiger partial charge in [-0.05, 0) is 13.0 Å². The molecule has 1 N–H and O–H groups in total. The van der Waals surface area contributed by atoms with Crippen LogP contribution in [-0.4, -0.2) is 21.3 Å². The maximum atomic E-state index is 13.4. The van der Waals surface area contributed by atoms with Gasteiger partial charge in [-0.2, -0.15) is 5.10 Å². The van der Waals surface area contributed by atoms with Gasteiger partial charge in [0.1, 0.15) is 0 Å². The van der Waals surface area contributed by atoms with Crippen LogP contribution in [0.25, 0.3) is 5.82 Å². The lowest BCUT2D eigenvalue weighted by Crippen LogP contribution is -2.08. The van der Waals surface area contributed by atoms with Crippen molar-refractivity contribution in [2.45, 2.75) is 6.92 Å². The summed E-state index contributed by atoms with van der Waals surface area (Å²) < 4.78 is 28.0. The van der Waals surface area contributed by atoms with Gasteiger partial charge in [0.25, 0.3) is 0 Å². The highest BCUT2D eigenvalue weighted by Crippen LogP contribution is 2.17. The van der Waals surface area contributed by atoms with Crippen LogP contribution in [0.4, 0.5) is 14.6 Å². The highest BCUT2D eigenvalue weighted by Gasteiger charge is 2.12. The number of nitrogens with one attached hydrogen (secondary N) is 1. The van der Waals surface area contributed by atoms with Gasteiger partial charge in [-0.25, -0.2) is 18.4 Å². The number of anilines is 1. The van der Waals surface area contributed by atoms with Crippen molar-refractivity contribution in [2.75, 3.05) is 11.9 Å². The lowest BCUT2D eigenvalue weighted by Gasteiger charge is -2.07. The summed E-state index contributed by atoms with van der Waals surface area (Å²) in [7, 11) is 0. The normalized spacial score (nSPS) is 10.4. The summed E-state index contributed by atoms with van der Waals surface area (Å²) in [6.45, 7) is 2.31. The van der Waals surface area contributed by atoms with E-state index in [1.807, 2.05) is 0 Å². The van der Waals surface area contributed by atoms with E-state index in [-0.39, 0.29) is 11.6 Å². The Morgan fingerprint density at radius 3 is 2.81 bits per heavy atom. The van der Waals surface area contributed by atoms with Crippen LogP contribution in [0.5, 0.6) is 0 Å². The van der Waals surface area contributed by atoms with Gasteiger partial charge in [0.05, 0.1) is 0 Å². The first-order chi connectivity index (χ1) is 7.72. The van der Waals surface area contributed by atoms with Gasteiger partial charge in [-0.3, -0.25) is 0 Å². The molecule has 0 aliphatic heterocycles. The van der Waals surface area contributed by atoms with Crippen molar-refractivity contribution in [3.8, 4) is 5.82 Å². The summed E-state index contributed by atoms with van der Waals surface area (Å²) in [6, 6.07) is 2.43. The maximum Gasteiger partial charge on any atom is 0.191 e. The van der Waals surface area contributed by atoms with Crippen LogP contribution in [0.2, 0.25) is 0 Å². The minimum atomic E-state index is -0.747. The molecule has 0 unspecified atom stereocenters. The molecule has 0 bridgehead atoms. The Bertz CT molecular complexity index is 482. The molecule has 0 amide bonds. The molecule has 0 aliphatic carbocycles. The molecule has 0 atom stereocenters. The predicted octanol–water partition coefficient (Wildman–Crippen LogP) is 1.98. The Hall–Kier alpha value is -1.98. The Balaban J connectivity index is 2.49. The number of hydrogen-bond donors (Lipinski definition) is 1. The Kier molecular flexibility index (Phi) is 2.80. The third-order valence-electron chi connectivity index (χ3n) is 1.98. The molecule has 2 aromatic rings. The third kappa shape index (κ3) is 1.86. The second-order valence-corrected chi connectivity index (χ2v) is 3.11. The van der Waals surface area contributed by atoms with Gasteiger partial charge in [0, 0.05) is 25.0 Å². The van der Waals surface area contributed by atoms with E-state index in [2.05, 4.69) is 15.4 Å². The van der Waals surface area contributed by atoms with E-state index in [1.165, 1.54) is 10.9 Å². The van der Waals surface area contributed by atoms with Gasteiger partial charge in [0.15, 0.2) is 23.3 Å². The van der Waals surface area contributed by atoms with E-state index < -0.39 is 11.6 Å². The molecule has 4 nitrogen and oxygen atoms in total. The monoisotopic (exact) mass is 224 g/mol. The van der Waals surface area contributed by atoms with Gasteiger partial charge in [-0.15, -0.1) is 0 Å². The summed E-state index contributed by atoms with van der Waals surface area (Å²) in [5, 5.41) is 6.55. The topological polar surface area (TPSA) is 42.7 Å². The Morgan fingerprint density at radius 1 is 1.38 bits per heavy atom. The standard InChI is InChI=1S/C10H10F2N4/c1-2-13-9-7(11)6-8(12)10(15-9)16-5-3-4-14-16/h3-6H,2H2,1H3,(H,13,15). The van der Waals surface area contributed by atoms with Crippen LogP contribution in [0.3, 0.4) is 0 Å². The summed E-state index contributed by atoms with van der Waals surface area (Å²) >= 11 is 0. The molecule has 2 aromatic heterocycles. The summed E-state index contributed by atoms with van der Waals surface area (Å²) in [5.41, 5.74) is 0. The minimum absolute atomic E-state index is 0.0226. The van der Waals surface area contributed by atoms with Gasteiger partial charge in [0.2, 0.25) is 0 Å². The molecule has 0 radical (unpaired) electrons. The maximum absolute atomic E-state index is 13.4. The zero-order valence-electron chi connectivity index (χ0n) is 8.61. The minimum Gasteiger partial charge on any atom is -0.368 e. The first-order valence-corrected chi connectivity index (χ1v) is 4.82. The van der Waals surface area contributed by atoms with E-state index in [4.69, 9.17) is 0 Å². The molecule has 16 heavy (non-hydrogen) atoms. The molecule has 0 spiro atoms. The smallest absolute Gasteiger partial charge is 0.191 e. The fourth-order valence-corrected chi connectivity index (χ4v) is 1.30. The van der Waals surface area contributed by atoms with E-state index >= 15 is 0 Å². The van der Waals surface area contributed by atoms with E-state index in [9.17, 15) is 8.78 Å². The molecule has 2 rings (SSSR count). The number of halogens is 2. The number of hydrogen-bond acceptors (Lipinski definition) is 3. The molecule has 2 heterocycles. The van der Waals surface area contributed by atoms with Crippen LogP contribution in [0, 0.1) is 11.6 Å². The zero-order chi connectivity index (χ0) is 11.5. The number of nitrogens with zero attached hydrogens (tertiary/aromatic N) is 3. The third-order valence-corrected chi connectivity index (χ3v) is 1.98. The molecule has 0 fully saturated rings. The van der Waals surface area contributed by atoms with Crippen molar-refractivity contribution in [3.63, 3.8) is 0 Å². The van der Waals surface area contributed by atoms with Crippen LogP contribution < -0.4 is 5.32 Å². The summed E-state index contributed by atoms with van der Waals surface area (Å²) in [4.78, 5) is 3.84. The molecule has 0 saturated carbocycles. The number of pyridine rings is 1. The van der Waals surface area contributed by atoms with Crippen LogP contribution in [-0.2, 0) is 0 Å². The van der Waals surface area contributed by atoms with Gasteiger partial charge < -0.3 is 5.32 Å². The first-order valence-electron chi connectivity index (χ1n) is 4.82. The van der Waals surface area contributed by atoms with Crippen molar-refractivity contribution >= 4 is 5.82 Å². The predicted molar refractivity (Wildman–Crippen MR) is 55.4 cm³/mol. The average Bonchev–Trinajstić information content (AvgIpc) is 2.75. The molecule has 84 valence electrons. The van der Waals surface area contributed by atoms with Crippen molar-refractivity contribution < 1.29 is 8.78 Å². The highest BCUT2D eigenvalue weighted by atomic mass is 19.1. The van der Waals surface area contributed by atoms with Crippen LogP contribution in [0.1, 0.15) is 6.92 Å². The fraction of sp³-hybridized carbons (Fsp3) is 0.200. The van der Waals surface area contributed by atoms with Crippen molar-refractivity contribution in [2.24, 2.45) is 0 Å². The Labute approximate surface area is 90.9 Å². The molecule has 0 aromatic carbocycles. The SMILES string of the molecule is CCNc1nc(-n2cccn2)c(F)cc1F. The van der Waals surface area contributed by atoms with Gasteiger partial charge in [-0.1, -0.05) is 0 Å². The lowest BCUT2D eigenvalue weighted by atomic mass is 10.4. The molecular formula is C10H10F2N4. The van der Waals surface area contributed by atoms with Crippen molar-refractivity contribution in [3.05, 3.63) is 36.2 Å². The number of rotatable bonds is 3. The number of aromatic nitrogens is 3. The second-order valence-electron chi connectivity index (χ2n) is 3.11. The largest absolute Gasteiger partial charge is 0.368 e. The van der Waals surface area contributed by atoms with Gasteiger partial charge >= 0.3 is 0 Å². The molecule has 0 saturated heterocycles. The van der Waals surface area contributed by atoms with Crippen molar-refractivity contribution in [1.82, 2.24) is 14.8 Å². The van der Waals surface area contributed by atoms with E-state index in [0.29, 0.717) is 6.54 Å². The van der Waals surface area contributed by atoms with E-state index in [0.717, 1.165) is 6.07 Å². The summed E-state index contributed by atoms with van der Waals surface area (Å²) in [6.07, 6.45) is 3.04. The molecular weight excluding hydrogens is 214 g/mol. The molecule has 6 heteroatoms. The first kappa shape index (κ1) is 10.5. The quantitative estimate of drug-likeness (QED) is 0.866. The second kappa shape index (κ2) is 4.26. The van der Waals surface area contributed by atoms with Crippen LogP contribution >= 0.6 is 0 Å². The average molecular weight is 224 g/mol. The Morgan fingerprint density at radius 2 is 2.19 bits per heavy atom. The summed E-state index contributed by atoms with van der Waals surface area (Å²) in [5.74, 6) is -1.46. The van der Waals surface area contributed by atoms with Crippen molar-refractivity contribution in [1.29, 1.82) is 0 Å². The molecule has 0 aliphatic rings. The highest BCUT2D eigenvalue weighted by molar-refractivity contribution is 5.41.